The van der Waals surface area contributed by atoms with Crippen LogP contribution in [0.2, 0.25) is 0 Å². The Morgan fingerprint density at radius 1 is 1.11 bits per heavy atom. The summed E-state index contributed by atoms with van der Waals surface area (Å²) in [5.41, 5.74) is 5.52. The van der Waals surface area contributed by atoms with E-state index in [0.29, 0.717) is 17.0 Å². The molecule has 0 spiro atoms. The standard InChI is InChI=1S/C28H31N3O3S/c1-7-18-9-11-20(12-10-18)31-26(33)22(25(32)29-27(31)35)14-19-13-21-17(3)16-28(4,5)30(8-2)23(21)15-24(19)34-6/h9-16H,7-8H2,1-6H3,(H,29,32,35)/b22-14-. The second kappa shape index (κ2) is 9.30. The Bertz CT molecular complexity index is 1280. The molecule has 182 valence electrons. The van der Waals surface area contributed by atoms with Crippen LogP contribution >= 0.6 is 12.2 Å². The Labute approximate surface area is 212 Å². The minimum absolute atomic E-state index is 0.00142. The molecule has 0 aliphatic carbocycles. The van der Waals surface area contributed by atoms with Crippen LogP contribution in [-0.2, 0) is 16.0 Å². The fraction of sp³-hybridized carbons (Fsp3) is 0.321. The second-order valence-corrected chi connectivity index (χ2v) is 9.70. The summed E-state index contributed by atoms with van der Waals surface area (Å²) < 4.78 is 5.70. The van der Waals surface area contributed by atoms with Gasteiger partial charge < -0.3 is 9.64 Å². The molecule has 0 saturated carbocycles. The number of allylic oxidation sites excluding steroid dienone is 1. The summed E-state index contributed by atoms with van der Waals surface area (Å²) in [7, 11) is 1.59. The molecule has 1 fully saturated rings. The second-order valence-electron chi connectivity index (χ2n) is 9.31. The first-order valence-corrected chi connectivity index (χ1v) is 12.2. The van der Waals surface area contributed by atoms with Crippen LogP contribution in [0.15, 0.2) is 48.0 Å². The fourth-order valence-electron chi connectivity index (χ4n) is 4.92. The van der Waals surface area contributed by atoms with Crippen LogP contribution < -0.4 is 19.9 Å². The molecular formula is C28H31N3O3S. The molecule has 2 amide bonds. The number of fused-ring (bicyclic) bond motifs is 1. The van der Waals surface area contributed by atoms with Gasteiger partial charge in [-0.15, -0.1) is 0 Å². The van der Waals surface area contributed by atoms with Crippen molar-refractivity contribution in [1.29, 1.82) is 0 Å². The summed E-state index contributed by atoms with van der Waals surface area (Å²) in [6.45, 7) is 11.5. The van der Waals surface area contributed by atoms with Gasteiger partial charge in [0.05, 0.1) is 18.3 Å². The van der Waals surface area contributed by atoms with E-state index >= 15 is 0 Å². The summed E-state index contributed by atoms with van der Waals surface area (Å²) >= 11 is 5.34. The Kier molecular flexibility index (Phi) is 6.56. The van der Waals surface area contributed by atoms with E-state index in [9.17, 15) is 9.59 Å². The lowest BCUT2D eigenvalue weighted by molar-refractivity contribution is -0.122. The summed E-state index contributed by atoms with van der Waals surface area (Å²) in [5.74, 6) is -0.399. The number of ether oxygens (including phenoxy) is 1. The molecule has 0 aromatic heterocycles. The van der Waals surface area contributed by atoms with E-state index in [1.54, 1.807) is 13.2 Å². The van der Waals surface area contributed by atoms with Crippen molar-refractivity contribution in [3.63, 3.8) is 0 Å². The number of benzene rings is 2. The average Bonchev–Trinajstić information content (AvgIpc) is 2.81. The van der Waals surface area contributed by atoms with Crippen LogP contribution in [0.5, 0.6) is 5.75 Å². The van der Waals surface area contributed by atoms with Crippen LogP contribution in [0.25, 0.3) is 11.6 Å². The first kappa shape index (κ1) is 24.7. The van der Waals surface area contributed by atoms with Crippen molar-refractivity contribution in [1.82, 2.24) is 5.32 Å². The van der Waals surface area contributed by atoms with Crippen molar-refractivity contribution in [2.24, 2.45) is 0 Å². The lowest BCUT2D eigenvalue weighted by Crippen LogP contribution is -2.54. The highest BCUT2D eigenvalue weighted by Gasteiger charge is 2.35. The number of methoxy groups -OCH3 is 1. The van der Waals surface area contributed by atoms with Crippen LogP contribution in [0.4, 0.5) is 11.4 Å². The van der Waals surface area contributed by atoms with Gasteiger partial charge in [0.25, 0.3) is 11.8 Å². The number of likely N-dealkylation sites (N-methyl/N-ethyl adjacent to an activating group) is 1. The van der Waals surface area contributed by atoms with Crippen LogP contribution in [0, 0.1) is 0 Å². The zero-order valence-electron chi connectivity index (χ0n) is 21.1. The highest BCUT2D eigenvalue weighted by molar-refractivity contribution is 7.80. The lowest BCUT2D eigenvalue weighted by Gasteiger charge is -2.43. The molecule has 2 aliphatic heterocycles. The molecule has 2 aromatic carbocycles. The van der Waals surface area contributed by atoms with E-state index in [-0.39, 0.29) is 16.2 Å². The number of hydrogen-bond donors (Lipinski definition) is 1. The van der Waals surface area contributed by atoms with Gasteiger partial charge in [-0.2, -0.15) is 0 Å². The first-order valence-electron chi connectivity index (χ1n) is 11.8. The molecule has 2 aliphatic rings. The first-order chi connectivity index (χ1) is 16.6. The molecule has 35 heavy (non-hydrogen) atoms. The van der Waals surface area contributed by atoms with Crippen molar-refractivity contribution < 1.29 is 14.3 Å². The number of anilines is 2. The largest absolute Gasteiger partial charge is 0.496 e. The zero-order valence-corrected chi connectivity index (χ0v) is 21.9. The Morgan fingerprint density at radius 2 is 1.80 bits per heavy atom. The van der Waals surface area contributed by atoms with Gasteiger partial charge in [0.2, 0.25) is 0 Å². The number of hydrogen-bond acceptors (Lipinski definition) is 5. The molecule has 2 heterocycles. The third kappa shape index (κ3) is 4.36. The zero-order chi connectivity index (χ0) is 25.5. The average molecular weight is 490 g/mol. The van der Waals surface area contributed by atoms with Gasteiger partial charge in [-0.3, -0.25) is 19.8 Å². The molecular weight excluding hydrogens is 458 g/mol. The molecule has 6 nitrogen and oxygen atoms in total. The van der Waals surface area contributed by atoms with Crippen molar-refractivity contribution in [2.45, 2.75) is 46.6 Å². The monoisotopic (exact) mass is 489 g/mol. The molecule has 0 radical (unpaired) electrons. The van der Waals surface area contributed by atoms with Crippen molar-refractivity contribution in [3.05, 3.63) is 64.7 Å². The van der Waals surface area contributed by atoms with E-state index in [4.69, 9.17) is 17.0 Å². The maximum Gasteiger partial charge on any atom is 0.270 e. The topological polar surface area (TPSA) is 61.9 Å². The molecule has 0 bridgehead atoms. The number of aryl methyl sites for hydroxylation is 1. The smallest absolute Gasteiger partial charge is 0.270 e. The molecule has 0 atom stereocenters. The van der Waals surface area contributed by atoms with Gasteiger partial charge in [-0.05, 0) is 81.7 Å². The highest BCUT2D eigenvalue weighted by atomic mass is 32.1. The molecule has 7 heteroatoms. The quantitative estimate of drug-likeness (QED) is 0.359. The van der Waals surface area contributed by atoms with Gasteiger partial charge in [0.1, 0.15) is 11.3 Å². The molecule has 0 unspecified atom stereocenters. The summed E-state index contributed by atoms with van der Waals surface area (Å²) in [6, 6.07) is 11.6. The number of amides is 2. The van der Waals surface area contributed by atoms with E-state index in [0.717, 1.165) is 35.4 Å². The normalized spacial score (nSPS) is 18.4. The molecule has 1 N–H and O–H groups in total. The van der Waals surface area contributed by atoms with Gasteiger partial charge in [0, 0.05) is 29.4 Å². The third-order valence-corrected chi connectivity index (χ3v) is 6.93. The Hall–Kier alpha value is -3.45. The Morgan fingerprint density at radius 3 is 2.40 bits per heavy atom. The van der Waals surface area contributed by atoms with Crippen LogP contribution in [0.3, 0.4) is 0 Å². The van der Waals surface area contributed by atoms with E-state index < -0.39 is 11.8 Å². The van der Waals surface area contributed by atoms with E-state index in [1.165, 1.54) is 4.90 Å². The molecule has 4 rings (SSSR count). The lowest BCUT2D eigenvalue weighted by atomic mass is 9.87. The Balaban J connectivity index is 1.80. The summed E-state index contributed by atoms with van der Waals surface area (Å²) in [6.07, 6.45) is 4.72. The van der Waals surface area contributed by atoms with E-state index in [1.807, 2.05) is 36.4 Å². The van der Waals surface area contributed by atoms with Gasteiger partial charge in [0.15, 0.2) is 5.11 Å². The summed E-state index contributed by atoms with van der Waals surface area (Å²) in [4.78, 5) is 30.0. The van der Waals surface area contributed by atoms with Gasteiger partial charge in [-0.25, -0.2) is 0 Å². The number of thiocarbonyl (C=S) groups is 1. The number of carbonyl (C=O) groups is 2. The maximum absolute atomic E-state index is 13.5. The minimum Gasteiger partial charge on any atom is -0.496 e. The number of carbonyl (C=O) groups excluding carboxylic acids is 2. The van der Waals surface area contributed by atoms with Crippen LogP contribution in [0.1, 0.15) is 51.3 Å². The van der Waals surface area contributed by atoms with E-state index in [2.05, 4.69) is 50.9 Å². The predicted molar refractivity (Wildman–Crippen MR) is 146 cm³/mol. The van der Waals surface area contributed by atoms with Crippen LogP contribution in [-0.4, -0.2) is 36.1 Å². The molecule has 2 aromatic rings. The predicted octanol–water partition coefficient (Wildman–Crippen LogP) is 5.11. The molecule has 1 saturated heterocycles. The third-order valence-electron chi connectivity index (χ3n) is 6.65. The van der Waals surface area contributed by atoms with Crippen molar-refractivity contribution >= 4 is 52.2 Å². The highest BCUT2D eigenvalue weighted by Crippen LogP contribution is 2.42. The minimum atomic E-state index is -0.523. The van der Waals surface area contributed by atoms with Crippen molar-refractivity contribution in [2.75, 3.05) is 23.5 Å². The fourth-order valence-corrected chi connectivity index (χ4v) is 5.20. The number of nitrogens with one attached hydrogen (secondary N) is 1. The maximum atomic E-state index is 13.5. The summed E-state index contributed by atoms with van der Waals surface area (Å²) in [5, 5.41) is 2.73. The van der Waals surface area contributed by atoms with Gasteiger partial charge >= 0.3 is 0 Å². The number of rotatable bonds is 5. The number of nitrogens with zero attached hydrogens (tertiary/aromatic N) is 2. The van der Waals surface area contributed by atoms with Crippen molar-refractivity contribution in [3.8, 4) is 5.75 Å². The SMILES string of the molecule is CCc1ccc(N2C(=O)/C(=C\c3cc4c(cc3OC)N(CC)C(C)(C)C=C4C)C(=O)NC2=S)cc1. The van der Waals surface area contributed by atoms with Gasteiger partial charge in [-0.1, -0.05) is 25.1 Å².